The van der Waals surface area contributed by atoms with Crippen molar-refractivity contribution in [2.75, 3.05) is 19.6 Å². The van der Waals surface area contributed by atoms with Crippen molar-refractivity contribution in [3.63, 3.8) is 0 Å². The molecule has 0 bridgehead atoms. The number of aromatic carboxylic acids is 1. The molecule has 0 aromatic heterocycles. The standard InChI is InChI=1S/C28H31N3O7S/c1-18-15-22(39(29,37)38)6-8-23(18)20-3-2-4-21(17-20)25(32)10-12-30-13-11-27(34)31(30)14-9-19-5-7-24(28(35)36)26(33)16-19/h2-8,15-17,25,32-33H,9-14H2,1H3,(H,35,36)(H2,29,37,38)/t25-/m0/s1. The lowest BCUT2D eigenvalue weighted by atomic mass is 9.96. The molecule has 0 spiro atoms. The highest BCUT2D eigenvalue weighted by molar-refractivity contribution is 7.89. The molecule has 1 aliphatic rings. The lowest BCUT2D eigenvalue weighted by molar-refractivity contribution is -0.138. The third kappa shape index (κ3) is 6.63. The van der Waals surface area contributed by atoms with Gasteiger partial charge in [0.25, 0.3) is 0 Å². The van der Waals surface area contributed by atoms with Crippen molar-refractivity contribution in [2.45, 2.75) is 37.2 Å². The number of amides is 1. The average molecular weight is 554 g/mol. The van der Waals surface area contributed by atoms with E-state index in [1.54, 1.807) is 24.1 Å². The SMILES string of the molecule is Cc1cc(S(N)(=O)=O)ccc1-c1cccc([C@@H](O)CCN2CCC(=O)N2CCc2ccc(C(=O)O)c(O)c2)c1. The fraction of sp³-hybridized carbons (Fsp3) is 0.286. The summed E-state index contributed by atoms with van der Waals surface area (Å²) in [5.41, 5.74) is 3.64. The molecule has 1 amide bonds. The number of sulfonamides is 1. The van der Waals surface area contributed by atoms with Crippen LogP contribution in [-0.2, 0) is 21.2 Å². The van der Waals surface area contributed by atoms with E-state index in [-0.39, 0.29) is 22.1 Å². The number of carbonyl (C=O) groups excluding carboxylic acids is 1. The fourth-order valence-electron chi connectivity index (χ4n) is 4.77. The zero-order valence-electron chi connectivity index (χ0n) is 21.4. The lowest BCUT2D eigenvalue weighted by Crippen LogP contribution is -2.41. The van der Waals surface area contributed by atoms with E-state index in [2.05, 4.69) is 0 Å². The summed E-state index contributed by atoms with van der Waals surface area (Å²) in [5.74, 6) is -1.55. The Morgan fingerprint density at radius 1 is 1.08 bits per heavy atom. The van der Waals surface area contributed by atoms with Crippen LogP contribution in [0.2, 0.25) is 0 Å². The number of benzene rings is 3. The van der Waals surface area contributed by atoms with Gasteiger partial charge in [-0.1, -0.05) is 30.3 Å². The summed E-state index contributed by atoms with van der Waals surface area (Å²) in [5, 5.41) is 38.7. The first-order valence-corrected chi connectivity index (χ1v) is 14.0. The molecule has 3 aromatic rings. The number of aryl methyl sites for hydroxylation is 1. The van der Waals surface area contributed by atoms with Crippen LogP contribution in [-0.4, -0.2) is 65.3 Å². The third-order valence-electron chi connectivity index (χ3n) is 6.89. The summed E-state index contributed by atoms with van der Waals surface area (Å²) < 4.78 is 23.3. The Kier molecular flexibility index (Phi) is 8.36. The molecule has 0 unspecified atom stereocenters. The van der Waals surface area contributed by atoms with E-state index in [0.29, 0.717) is 50.0 Å². The second-order valence-corrected chi connectivity index (χ2v) is 11.1. The topological polar surface area (TPSA) is 161 Å². The number of carboxylic acids is 1. The highest BCUT2D eigenvalue weighted by atomic mass is 32.2. The number of phenols is 1. The number of carboxylic acid groups (broad SMARTS) is 1. The minimum Gasteiger partial charge on any atom is -0.507 e. The quantitative estimate of drug-likeness (QED) is 0.298. The van der Waals surface area contributed by atoms with E-state index in [0.717, 1.165) is 16.7 Å². The van der Waals surface area contributed by atoms with Crippen molar-refractivity contribution in [1.29, 1.82) is 0 Å². The van der Waals surface area contributed by atoms with Crippen LogP contribution in [0.4, 0.5) is 0 Å². The van der Waals surface area contributed by atoms with E-state index >= 15 is 0 Å². The van der Waals surface area contributed by atoms with Gasteiger partial charge < -0.3 is 15.3 Å². The molecule has 3 aromatic carbocycles. The highest BCUT2D eigenvalue weighted by Gasteiger charge is 2.29. The van der Waals surface area contributed by atoms with E-state index in [4.69, 9.17) is 10.2 Å². The first-order valence-electron chi connectivity index (χ1n) is 12.5. The molecular formula is C28H31N3O7S. The first-order chi connectivity index (χ1) is 18.4. The van der Waals surface area contributed by atoms with Gasteiger partial charge in [-0.05, 0) is 77.9 Å². The summed E-state index contributed by atoms with van der Waals surface area (Å²) in [7, 11) is -3.80. The molecule has 4 rings (SSSR count). The number of rotatable bonds is 10. The number of hydrazine groups is 1. The fourth-order valence-corrected chi connectivity index (χ4v) is 5.37. The van der Waals surface area contributed by atoms with Crippen LogP contribution in [0.3, 0.4) is 0 Å². The molecule has 5 N–H and O–H groups in total. The molecule has 0 aliphatic carbocycles. The third-order valence-corrected chi connectivity index (χ3v) is 7.80. The van der Waals surface area contributed by atoms with E-state index in [1.165, 1.54) is 24.3 Å². The molecule has 11 heteroatoms. The largest absolute Gasteiger partial charge is 0.507 e. The van der Waals surface area contributed by atoms with Crippen molar-refractivity contribution in [2.24, 2.45) is 5.14 Å². The molecule has 0 radical (unpaired) electrons. The predicted octanol–water partition coefficient (Wildman–Crippen LogP) is 2.83. The normalized spacial score (nSPS) is 15.1. The van der Waals surface area contributed by atoms with Crippen molar-refractivity contribution in [3.05, 3.63) is 82.9 Å². The number of aliphatic hydroxyl groups excluding tert-OH is 1. The molecule has 1 saturated heterocycles. The van der Waals surface area contributed by atoms with E-state index in [9.17, 15) is 28.2 Å². The lowest BCUT2D eigenvalue weighted by Gasteiger charge is -2.29. The van der Waals surface area contributed by atoms with Crippen LogP contribution >= 0.6 is 0 Å². The summed E-state index contributed by atoms with van der Waals surface area (Å²) in [6.45, 7) is 3.14. The second-order valence-electron chi connectivity index (χ2n) is 9.58. The number of hydrogen-bond donors (Lipinski definition) is 4. The highest BCUT2D eigenvalue weighted by Crippen LogP contribution is 2.29. The number of aromatic hydroxyl groups is 1. The second kappa shape index (κ2) is 11.5. The van der Waals surface area contributed by atoms with Gasteiger partial charge in [0.1, 0.15) is 11.3 Å². The van der Waals surface area contributed by atoms with Crippen LogP contribution in [0.1, 0.15) is 46.0 Å². The van der Waals surface area contributed by atoms with Crippen LogP contribution in [0.15, 0.2) is 65.6 Å². The Morgan fingerprint density at radius 2 is 1.85 bits per heavy atom. The molecule has 1 heterocycles. The molecule has 1 fully saturated rings. The van der Waals surface area contributed by atoms with Gasteiger partial charge in [-0.2, -0.15) is 0 Å². The number of nitrogens with zero attached hydrogens (tertiary/aromatic N) is 2. The predicted molar refractivity (Wildman–Crippen MR) is 144 cm³/mol. The van der Waals surface area contributed by atoms with Gasteiger partial charge >= 0.3 is 5.97 Å². The van der Waals surface area contributed by atoms with Crippen LogP contribution in [0, 0.1) is 6.92 Å². The van der Waals surface area contributed by atoms with Gasteiger partial charge in [0, 0.05) is 26.1 Å². The Bertz CT molecular complexity index is 1510. The smallest absolute Gasteiger partial charge is 0.339 e. The van der Waals surface area contributed by atoms with Gasteiger partial charge in [-0.25, -0.2) is 23.4 Å². The Hall–Kier alpha value is -3.77. The first kappa shape index (κ1) is 28.2. The monoisotopic (exact) mass is 553 g/mol. The maximum atomic E-state index is 12.5. The molecule has 1 atom stereocenters. The van der Waals surface area contributed by atoms with Gasteiger partial charge in [-0.15, -0.1) is 0 Å². The molecule has 0 saturated carbocycles. The molecule has 1 aliphatic heterocycles. The van der Waals surface area contributed by atoms with Gasteiger partial charge in [0.15, 0.2) is 0 Å². The van der Waals surface area contributed by atoms with Gasteiger partial charge in [0.2, 0.25) is 15.9 Å². The summed E-state index contributed by atoms with van der Waals surface area (Å²) in [6.07, 6.45) is 0.393. The number of carbonyl (C=O) groups is 2. The van der Waals surface area contributed by atoms with Crippen LogP contribution in [0.25, 0.3) is 11.1 Å². The molecule has 39 heavy (non-hydrogen) atoms. The van der Waals surface area contributed by atoms with Crippen molar-refractivity contribution < 1.29 is 33.3 Å². The Labute approximate surface area is 226 Å². The van der Waals surface area contributed by atoms with Gasteiger partial charge in [-0.3, -0.25) is 9.80 Å². The number of aliphatic hydroxyl groups is 1. The van der Waals surface area contributed by atoms with Crippen molar-refractivity contribution >= 4 is 21.9 Å². The van der Waals surface area contributed by atoms with E-state index in [1.807, 2.05) is 29.3 Å². The van der Waals surface area contributed by atoms with Crippen molar-refractivity contribution in [1.82, 2.24) is 10.0 Å². The molecular weight excluding hydrogens is 522 g/mol. The van der Waals surface area contributed by atoms with Crippen LogP contribution in [0.5, 0.6) is 5.75 Å². The zero-order valence-corrected chi connectivity index (χ0v) is 22.3. The zero-order chi connectivity index (χ0) is 28.3. The minimum atomic E-state index is -3.80. The van der Waals surface area contributed by atoms with Crippen molar-refractivity contribution in [3.8, 4) is 16.9 Å². The molecule has 10 nitrogen and oxygen atoms in total. The number of primary sulfonamides is 1. The van der Waals surface area contributed by atoms with Gasteiger partial charge in [0.05, 0.1) is 11.0 Å². The minimum absolute atomic E-state index is 0.0312. The summed E-state index contributed by atoms with van der Waals surface area (Å²) in [6, 6.07) is 16.4. The Morgan fingerprint density at radius 3 is 2.51 bits per heavy atom. The number of nitrogens with two attached hydrogens (primary N) is 1. The average Bonchev–Trinajstić information content (AvgIpc) is 3.24. The summed E-state index contributed by atoms with van der Waals surface area (Å²) >= 11 is 0. The van der Waals surface area contributed by atoms with Crippen LogP contribution < -0.4 is 5.14 Å². The Balaban J connectivity index is 1.39. The maximum absolute atomic E-state index is 12.5. The number of hydrogen-bond acceptors (Lipinski definition) is 7. The summed E-state index contributed by atoms with van der Waals surface area (Å²) in [4.78, 5) is 23.6. The van der Waals surface area contributed by atoms with E-state index < -0.39 is 22.1 Å². The molecule has 206 valence electrons. The maximum Gasteiger partial charge on any atom is 0.339 e.